The number of anilines is 1. The number of halogens is 1. The van der Waals surface area contributed by atoms with Crippen LogP contribution in [0.25, 0.3) is 0 Å². The highest BCUT2D eigenvalue weighted by molar-refractivity contribution is 6.30. The number of hydrogen-bond acceptors (Lipinski definition) is 5. The predicted molar refractivity (Wildman–Crippen MR) is 150 cm³/mol. The number of hydrogen-bond donors (Lipinski definition) is 1. The second-order valence-electron chi connectivity index (χ2n) is 11.8. The molecular formula is C32H38ClNO4. The largest absolute Gasteiger partial charge is 0.490 e. The van der Waals surface area contributed by atoms with Crippen LogP contribution in [0, 0.1) is 17.8 Å². The van der Waals surface area contributed by atoms with E-state index in [9.17, 15) is 9.90 Å². The molecule has 2 aromatic carbocycles. The summed E-state index contributed by atoms with van der Waals surface area (Å²) in [6, 6.07) is 12.0. The third-order valence-electron chi connectivity index (χ3n) is 9.56. The number of carbonyl (C=O) groups excluding carboxylic acids is 1. The van der Waals surface area contributed by atoms with Crippen LogP contribution in [0.4, 0.5) is 5.69 Å². The Balaban J connectivity index is 1.34. The van der Waals surface area contributed by atoms with Crippen molar-refractivity contribution >= 4 is 23.3 Å². The minimum absolute atomic E-state index is 0.160. The van der Waals surface area contributed by atoms with Gasteiger partial charge in [-0.3, -0.25) is 0 Å². The second-order valence-corrected chi connectivity index (χ2v) is 12.2. The van der Waals surface area contributed by atoms with Crippen LogP contribution in [0.15, 0.2) is 48.6 Å². The number of ether oxygens (including phenoxy) is 2. The minimum atomic E-state index is -0.342. The van der Waals surface area contributed by atoms with Gasteiger partial charge in [0.2, 0.25) is 0 Å². The van der Waals surface area contributed by atoms with Crippen LogP contribution in [0.5, 0.6) is 5.75 Å². The fourth-order valence-corrected chi connectivity index (χ4v) is 7.55. The number of aliphatic hydroxyl groups is 1. The lowest BCUT2D eigenvalue weighted by atomic mass is 9.66. The number of methoxy groups -OCH3 is 1. The third-order valence-corrected chi connectivity index (χ3v) is 9.79. The fourth-order valence-electron chi connectivity index (χ4n) is 7.35. The van der Waals surface area contributed by atoms with Gasteiger partial charge in [0, 0.05) is 29.4 Å². The van der Waals surface area contributed by atoms with Gasteiger partial charge in [-0.05, 0) is 105 Å². The molecule has 1 saturated carbocycles. The summed E-state index contributed by atoms with van der Waals surface area (Å²) in [5, 5.41) is 12.1. The maximum atomic E-state index is 12.5. The summed E-state index contributed by atoms with van der Waals surface area (Å²) in [4.78, 5) is 14.9. The maximum absolute atomic E-state index is 12.5. The molecule has 6 heteroatoms. The van der Waals surface area contributed by atoms with E-state index in [1.165, 1.54) is 18.2 Å². The van der Waals surface area contributed by atoms with E-state index < -0.39 is 0 Å². The molecule has 1 aliphatic heterocycles. The number of aliphatic hydroxyl groups excluding tert-OH is 1. The standard InChI is InChI=1S/C32H38ClNO4/c1-37-31(36)23-10-14-29-28(17-23)34(18-24-9-12-26(24)30(35)21-6-3-2-4-7-21)19-32(20-38-29)15-5-8-22-16-25(33)11-13-27(22)32/h3,6,10-11,13-14,16-17,21,24,26,30,35H,2,4-5,7-9,12,15,18-20H2,1H3/t21-,24+,26-,30+,32+/m1/s1. The Morgan fingerprint density at radius 3 is 2.87 bits per heavy atom. The molecule has 0 radical (unpaired) electrons. The van der Waals surface area contributed by atoms with Crippen molar-refractivity contribution in [1.29, 1.82) is 0 Å². The number of rotatable bonds is 5. The van der Waals surface area contributed by atoms with E-state index in [0.717, 1.165) is 80.9 Å². The normalized spacial score (nSPS) is 28.9. The van der Waals surface area contributed by atoms with Gasteiger partial charge in [0.15, 0.2) is 0 Å². The van der Waals surface area contributed by atoms with Gasteiger partial charge >= 0.3 is 5.97 Å². The number of aryl methyl sites for hydroxylation is 1. The van der Waals surface area contributed by atoms with Crippen molar-refractivity contribution in [2.75, 3.05) is 31.7 Å². The quantitative estimate of drug-likeness (QED) is 0.357. The van der Waals surface area contributed by atoms with Crippen LogP contribution in [-0.4, -0.2) is 44.0 Å². The highest BCUT2D eigenvalue weighted by Gasteiger charge is 2.45. The van der Waals surface area contributed by atoms with E-state index in [1.54, 1.807) is 6.07 Å². The molecule has 1 fully saturated rings. The SMILES string of the molecule is COC(=O)c1ccc2c(c1)N(C[C@@H]1CC[C@H]1[C@@H](O)[C@@H]1C=CCCC1)C[C@@]1(CCCc3cc(Cl)ccc31)CO2. The lowest BCUT2D eigenvalue weighted by molar-refractivity contribution is -0.0131. The topological polar surface area (TPSA) is 59.0 Å². The zero-order valence-electron chi connectivity index (χ0n) is 22.2. The average molecular weight is 536 g/mol. The Kier molecular flexibility index (Phi) is 7.17. The average Bonchev–Trinajstić information content (AvgIpc) is 3.08. The van der Waals surface area contributed by atoms with E-state index in [1.807, 2.05) is 18.2 Å². The molecule has 2 aromatic rings. The van der Waals surface area contributed by atoms with Crippen molar-refractivity contribution in [3.05, 3.63) is 70.3 Å². The fraction of sp³-hybridized carbons (Fsp3) is 0.531. The summed E-state index contributed by atoms with van der Waals surface area (Å²) in [5.74, 6) is 1.43. The Hall–Kier alpha value is -2.50. The first kappa shape index (κ1) is 25.8. The molecule has 0 unspecified atom stereocenters. The molecule has 0 bridgehead atoms. The highest BCUT2D eigenvalue weighted by atomic mass is 35.5. The van der Waals surface area contributed by atoms with Crippen LogP contribution in [-0.2, 0) is 16.6 Å². The highest BCUT2D eigenvalue weighted by Crippen LogP contribution is 2.47. The zero-order valence-corrected chi connectivity index (χ0v) is 23.0. The van der Waals surface area contributed by atoms with Gasteiger partial charge in [0.25, 0.3) is 0 Å². The Bertz CT molecular complexity index is 1230. The predicted octanol–water partition coefficient (Wildman–Crippen LogP) is 6.34. The molecule has 1 heterocycles. The van der Waals surface area contributed by atoms with E-state index in [2.05, 4.69) is 29.2 Å². The van der Waals surface area contributed by atoms with Crippen molar-refractivity contribution in [2.24, 2.45) is 17.8 Å². The molecule has 5 atom stereocenters. The summed E-state index contributed by atoms with van der Waals surface area (Å²) in [6.07, 6.45) is 12.9. The second kappa shape index (κ2) is 10.6. The van der Waals surface area contributed by atoms with Crippen molar-refractivity contribution in [1.82, 2.24) is 0 Å². The number of allylic oxidation sites excluding steroid dienone is 1. The monoisotopic (exact) mass is 535 g/mol. The summed E-state index contributed by atoms with van der Waals surface area (Å²) in [5.41, 5.74) is 3.96. The molecule has 0 aromatic heterocycles. The summed E-state index contributed by atoms with van der Waals surface area (Å²) in [7, 11) is 1.42. The molecular weight excluding hydrogens is 498 g/mol. The molecule has 6 rings (SSSR count). The summed E-state index contributed by atoms with van der Waals surface area (Å²) < 4.78 is 11.6. The van der Waals surface area contributed by atoms with E-state index in [-0.39, 0.29) is 23.4 Å². The van der Waals surface area contributed by atoms with Crippen molar-refractivity contribution in [3.8, 4) is 5.75 Å². The first-order chi connectivity index (χ1) is 18.5. The number of nitrogens with zero attached hydrogens (tertiary/aromatic N) is 1. The Labute approximate surface area is 230 Å². The molecule has 3 aliphatic carbocycles. The first-order valence-corrected chi connectivity index (χ1v) is 14.6. The van der Waals surface area contributed by atoms with Crippen LogP contribution in [0.1, 0.15) is 66.4 Å². The van der Waals surface area contributed by atoms with Gasteiger partial charge in [0.1, 0.15) is 5.75 Å². The number of benzene rings is 2. The van der Waals surface area contributed by atoms with E-state index in [4.69, 9.17) is 21.1 Å². The number of fused-ring (bicyclic) bond motifs is 3. The zero-order chi connectivity index (χ0) is 26.3. The molecule has 202 valence electrons. The van der Waals surface area contributed by atoms with Crippen molar-refractivity contribution < 1.29 is 19.4 Å². The molecule has 5 nitrogen and oxygen atoms in total. The van der Waals surface area contributed by atoms with Crippen molar-refractivity contribution in [3.63, 3.8) is 0 Å². The number of carbonyl (C=O) groups is 1. The van der Waals surface area contributed by atoms with Crippen LogP contribution in [0.2, 0.25) is 5.02 Å². The molecule has 0 saturated heterocycles. The lowest BCUT2D eigenvalue weighted by Gasteiger charge is -2.46. The van der Waals surface area contributed by atoms with E-state index in [0.29, 0.717) is 24.0 Å². The van der Waals surface area contributed by atoms with Gasteiger partial charge in [0.05, 0.1) is 31.1 Å². The van der Waals surface area contributed by atoms with Crippen LogP contribution < -0.4 is 9.64 Å². The van der Waals surface area contributed by atoms with Crippen LogP contribution in [0.3, 0.4) is 0 Å². The van der Waals surface area contributed by atoms with Gasteiger partial charge in [-0.2, -0.15) is 0 Å². The smallest absolute Gasteiger partial charge is 0.337 e. The van der Waals surface area contributed by atoms with Crippen molar-refractivity contribution in [2.45, 2.75) is 62.9 Å². The Morgan fingerprint density at radius 1 is 1.21 bits per heavy atom. The van der Waals surface area contributed by atoms with Gasteiger partial charge in [-0.15, -0.1) is 0 Å². The third kappa shape index (κ3) is 4.73. The van der Waals surface area contributed by atoms with Gasteiger partial charge in [-0.1, -0.05) is 29.8 Å². The lowest BCUT2D eigenvalue weighted by Crippen LogP contribution is -2.50. The van der Waals surface area contributed by atoms with Crippen LogP contribution >= 0.6 is 11.6 Å². The molecule has 1 spiro atoms. The first-order valence-electron chi connectivity index (χ1n) is 14.2. The maximum Gasteiger partial charge on any atom is 0.337 e. The van der Waals surface area contributed by atoms with E-state index >= 15 is 0 Å². The Morgan fingerprint density at radius 2 is 2.11 bits per heavy atom. The number of esters is 1. The molecule has 0 amide bonds. The molecule has 4 aliphatic rings. The van der Waals surface area contributed by atoms with Gasteiger partial charge < -0.3 is 19.5 Å². The molecule has 1 N–H and O–H groups in total. The summed E-state index contributed by atoms with van der Waals surface area (Å²) in [6.45, 7) is 2.23. The minimum Gasteiger partial charge on any atom is -0.490 e. The van der Waals surface area contributed by atoms with Gasteiger partial charge in [-0.25, -0.2) is 4.79 Å². The molecule has 38 heavy (non-hydrogen) atoms. The summed E-state index contributed by atoms with van der Waals surface area (Å²) >= 11 is 6.39.